The number of benzene rings is 2. The maximum absolute atomic E-state index is 13.5. The SMILES string of the molecule is CCC(C(=O)NCCC(C)(C)C)n1c(C(=O)c2ccc(CO)cc2)nc2ccc(OC)cc21. The standard InChI is InChI=1S/C26H33N3O4/c1-6-21(25(32)27-14-13-26(2,3)4)29-22-15-19(33-5)11-12-20(22)28-24(29)23(31)18-9-7-17(16-30)8-10-18/h7-12,15,21,30H,6,13-14,16H2,1-5H3,(H,27,32). The summed E-state index contributed by atoms with van der Waals surface area (Å²) < 4.78 is 7.11. The third kappa shape index (κ3) is 5.60. The molecule has 0 spiro atoms. The number of ketones is 1. The molecule has 1 atom stereocenters. The van der Waals surface area contributed by atoms with Crippen molar-refractivity contribution < 1.29 is 19.4 Å². The lowest BCUT2D eigenvalue weighted by Crippen LogP contribution is -2.35. The number of nitrogens with one attached hydrogen (secondary N) is 1. The van der Waals surface area contributed by atoms with Crippen molar-refractivity contribution in [2.45, 2.75) is 53.2 Å². The van der Waals surface area contributed by atoms with Gasteiger partial charge in [0.05, 0.1) is 24.8 Å². The quantitative estimate of drug-likeness (QED) is 0.474. The summed E-state index contributed by atoms with van der Waals surface area (Å²) in [6.45, 7) is 8.77. The molecule has 3 rings (SSSR count). The molecule has 1 aromatic heterocycles. The predicted molar refractivity (Wildman–Crippen MR) is 128 cm³/mol. The van der Waals surface area contributed by atoms with E-state index in [0.29, 0.717) is 35.3 Å². The van der Waals surface area contributed by atoms with Crippen molar-refractivity contribution in [3.8, 4) is 5.75 Å². The van der Waals surface area contributed by atoms with Crippen LogP contribution >= 0.6 is 0 Å². The van der Waals surface area contributed by atoms with Crippen LogP contribution in [0.5, 0.6) is 5.75 Å². The first-order chi connectivity index (χ1) is 15.7. The monoisotopic (exact) mass is 451 g/mol. The fraction of sp³-hybridized carbons (Fsp3) is 0.423. The Morgan fingerprint density at radius 3 is 2.42 bits per heavy atom. The number of fused-ring (bicyclic) bond motifs is 1. The van der Waals surface area contributed by atoms with E-state index in [1.54, 1.807) is 54.1 Å². The van der Waals surface area contributed by atoms with Gasteiger partial charge < -0.3 is 19.7 Å². The number of aliphatic hydroxyl groups excluding tert-OH is 1. The molecule has 0 aliphatic rings. The molecule has 0 saturated carbocycles. The lowest BCUT2D eigenvalue weighted by molar-refractivity contribution is -0.124. The van der Waals surface area contributed by atoms with Crippen molar-refractivity contribution in [3.63, 3.8) is 0 Å². The molecule has 1 heterocycles. The number of methoxy groups -OCH3 is 1. The van der Waals surface area contributed by atoms with E-state index in [9.17, 15) is 14.7 Å². The molecule has 0 bridgehead atoms. The molecule has 0 aliphatic heterocycles. The van der Waals surface area contributed by atoms with E-state index in [1.165, 1.54) is 0 Å². The molecule has 7 nitrogen and oxygen atoms in total. The van der Waals surface area contributed by atoms with Crippen LogP contribution in [0, 0.1) is 5.41 Å². The van der Waals surface area contributed by atoms with Gasteiger partial charge in [-0.15, -0.1) is 0 Å². The Bertz CT molecular complexity index is 1130. The maximum Gasteiger partial charge on any atom is 0.243 e. The van der Waals surface area contributed by atoms with Gasteiger partial charge in [-0.3, -0.25) is 9.59 Å². The van der Waals surface area contributed by atoms with Crippen LogP contribution in [0.2, 0.25) is 0 Å². The van der Waals surface area contributed by atoms with E-state index in [1.807, 2.05) is 6.92 Å². The first kappa shape index (κ1) is 24.5. The van der Waals surface area contributed by atoms with Crippen LogP contribution in [0.25, 0.3) is 11.0 Å². The average molecular weight is 452 g/mol. The number of carbonyl (C=O) groups is 2. The van der Waals surface area contributed by atoms with Crippen molar-refractivity contribution in [2.24, 2.45) is 5.41 Å². The Balaban J connectivity index is 2.06. The van der Waals surface area contributed by atoms with Crippen molar-refractivity contribution in [1.29, 1.82) is 0 Å². The molecule has 33 heavy (non-hydrogen) atoms. The first-order valence-electron chi connectivity index (χ1n) is 11.3. The van der Waals surface area contributed by atoms with E-state index in [0.717, 1.165) is 12.0 Å². The van der Waals surface area contributed by atoms with Crippen LogP contribution in [0.4, 0.5) is 0 Å². The molecule has 7 heteroatoms. The van der Waals surface area contributed by atoms with Gasteiger partial charge in [0.15, 0.2) is 5.82 Å². The molecule has 0 radical (unpaired) electrons. The van der Waals surface area contributed by atoms with E-state index in [-0.39, 0.29) is 29.5 Å². The van der Waals surface area contributed by atoms with E-state index in [2.05, 4.69) is 31.1 Å². The molecular formula is C26H33N3O4. The topological polar surface area (TPSA) is 93.5 Å². The summed E-state index contributed by atoms with van der Waals surface area (Å²) in [5, 5.41) is 12.3. The Morgan fingerprint density at radius 1 is 1.15 bits per heavy atom. The molecule has 0 fully saturated rings. The highest BCUT2D eigenvalue weighted by atomic mass is 16.5. The summed E-state index contributed by atoms with van der Waals surface area (Å²) in [5.41, 5.74) is 2.55. The Morgan fingerprint density at radius 2 is 1.85 bits per heavy atom. The van der Waals surface area contributed by atoms with Crippen molar-refractivity contribution in [2.75, 3.05) is 13.7 Å². The average Bonchev–Trinajstić information content (AvgIpc) is 3.16. The molecular weight excluding hydrogens is 418 g/mol. The zero-order valence-electron chi connectivity index (χ0n) is 20.0. The van der Waals surface area contributed by atoms with Gasteiger partial charge in [0.25, 0.3) is 0 Å². The molecule has 2 N–H and O–H groups in total. The van der Waals surface area contributed by atoms with Gasteiger partial charge in [-0.05, 0) is 36.0 Å². The molecule has 0 saturated heterocycles. The zero-order chi connectivity index (χ0) is 24.2. The highest BCUT2D eigenvalue weighted by Crippen LogP contribution is 2.28. The second kappa shape index (κ2) is 10.2. The lowest BCUT2D eigenvalue weighted by atomic mass is 9.92. The van der Waals surface area contributed by atoms with Gasteiger partial charge in [0.1, 0.15) is 11.8 Å². The summed E-state index contributed by atoms with van der Waals surface area (Å²) in [6.07, 6.45) is 1.34. The number of amides is 1. The van der Waals surface area contributed by atoms with Gasteiger partial charge in [-0.25, -0.2) is 4.98 Å². The van der Waals surface area contributed by atoms with E-state index >= 15 is 0 Å². The van der Waals surface area contributed by atoms with Crippen LogP contribution < -0.4 is 10.1 Å². The molecule has 3 aromatic rings. The Kier molecular flexibility index (Phi) is 7.53. The molecule has 1 unspecified atom stereocenters. The summed E-state index contributed by atoms with van der Waals surface area (Å²) in [7, 11) is 1.58. The third-order valence-electron chi connectivity index (χ3n) is 5.67. The molecule has 2 aromatic carbocycles. The van der Waals surface area contributed by atoms with Gasteiger partial charge in [-0.1, -0.05) is 52.0 Å². The number of hydrogen-bond acceptors (Lipinski definition) is 5. The van der Waals surface area contributed by atoms with Crippen LogP contribution in [0.3, 0.4) is 0 Å². The summed E-state index contributed by atoms with van der Waals surface area (Å²) in [6, 6.07) is 11.5. The summed E-state index contributed by atoms with van der Waals surface area (Å²) >= 11 is 0. The first-order valence-corrected chi connectivity index (χ1v) is 11.3. The number of imidazole rings is 1. The smallest absolute Gasteiger partial charge is 0.243 e. The second-order valence-electron chi connectivity index (χ2n) is 9.37. The van der Waals surface area contributed by atoms with Gasteiger partial charge >= 0.3 is 0 Å². The minimum atomic E-state index is -0.599. The summed E-state index contributed by atoms with van der Waals surface area (Å²) in [4.78, 5) is 31.3. The number of ether oxygens (including phenoxy) is 1. The number of aliphatic hydroxyl groups is 1. The molecule has 176 valence electrons. The normalized spacial score (nSPS) is 12.5. The minimum absolute atomic E-state index is 0.0978. The molecule has 0 aliphatic carbocycles. The fourth-order valence-electron chi connectivity index (χ4n) is 3.73. The number of rotatable bonds is 9. The van der Waals surface area contributed by atoms with E-state index < -0.39 is 6.04 Å². The number of aromatic nitrogens is 2. The third-order valence-corrected chi connectivity index (χ3v) is 5.67. The Hall–Kier alpha value is -3.19. The summed E-state index contributed by atoms with van der Waals surface area (Å²) in [5.74, 6) is 0.398. The lowest BCUT2D eigenvalue weighted by Gasteiger charge is -2.22. The van der Waals surface area contributed by atoms with Crippen molar-refractivity contribution >= 4 is 22.7 Å². The van der Waals surface area contributed by atoms with Crippen molar-refractivity contribution in [1.82, 2.24) is 14.9 Å². The van der Waals surface area contributed by atoms with Crippen LogP contribution in [-0.4, -0.2) is 40.0 Å². The fourth-order valence-corrected chi connectivity index (χ4v) is 3.73. The van der Waals surface area contributed by atoms with Crippen LogP contribution in [0.1, 0.15) is 68.3 Å². The van der Waals surface area contributed by atoms with Crippen molar-refractivity contribution in [3.05, 3.63) is 59.4 Å². The second-order valence-corrected chi connectivity index (χ2v) is 9.37. The Labute approximate surface area is 194 Å². The van der Waals surface area contributed by atoms with Gasteiger partial charge in [-0.2, -0.15) is 0 Å². The molecule has 1 amide bonds. The largest absolute Gasteiger partial charge is 0.497 e. The van der Waals surface area contributed by atoms with Crippen LogP contribution in [-0.2, 0) is 11.4 Å². The number of hydrogen-bond donors (Lipinski definition) is 2. The minimum Gasteiger partial charge on any atom is -0.497 e. The van der Waals surface area contributed by atoms with Gasteiger partial charge in [0.2, 0.25) is 11.7 Å². The van der Waals surface area contributed by atoms with E-state index in [4.69, 9.17) is 4.74 Å². The number of nitrogens with zero attached hydrogens (tertiary/aromatic N) is 2. The highest BCUT2D eigenvalue weighted by molar-refractivity contribution is 6.09. The highest BCUT2D eigenvalue weighted by Gasteiger charge is 2.28. The van der Waals surface area contributed by atoms with Crippen LogP contribution in [0.15, 0.2) is 42.5 Å². The zero-order valence-corrected chi connectivity index (χ0v) is 20.0. The maximum atomic E-state index is 13.5. The predicted octanol–water partition coefficient (Wildman–Crippen LogP) is 4.27. The number of carbonyl (C=O) groups excluding carboxylic acids is 2. The van der Waals surface area contributed by atoms with Gasteiger partial charge in [0, 0.05) is 18.2 Å².